The van der Waals surface area contributed by atoms with E-state index in [9.17, 15) is 13.2 Å². The largest absolute Gasteiger partial charge is 0.482 e. The molecule has 0 aromatic heterocycles. The molecule has 3 rings (SSSR count). The van der Waals surface area contributed by atoms with E-state index >= 15 is 0 Å². The van der Waals surface area contributed by atoms with Crippen molar-refractivity contribution >= 4 is 27.3 Å². The number of nitrogens with one attached hydrogen (secondary N) is 1. The third kappa shape index (κ3) is 4.14. The third-order valence-electron chi connectivity index (χ3n) is 4.63. The van der Waals surface area contributed by atoms with Crippen molar-refractivity contribution < 1.29 is 17.9 Å². The van der Waals surface area contributed by atoms with Crippen molar-refractivity contribution in [3.05, 3.63) is 48.0 Å². The summed E-state index contributed by atoms with van der Waals surface area (Å²) in [6.45, 7) is 8.77. The van der Waals surface area contributed by atoms with Crippen LogP contribution in [0.5, 0.6) is 5.75 Å². The number of anilines is 2. The lowest BCUT2D eigenvalue weighted by Gasteiger charge is -2.29. The van der Waals surface area contributed by atoms with Gasteiger partial charge >= 0.3 is 0 Å². The quantitative estimate of drug-likeness (QED) is 0.822. The summed E-state index contributed by atoms with van der Waals surface area (Å²) in [6.07, 6.45) is 0.793. The van der Waals surface area contributed by atoms with Crippen LogP contribution in [0.3, 0.4) is 0 Å². The Hall–Kier alpha value is -2.54. The number of carbonyl (C=O) groups excluding carboxylic acids is 1. The van der Waals surface area contributed by atoms with E-state index in [1.807, 2.05) is 19.1 Å². The fourth-order valence-corrected chi connectivity index (χ4v) is 4.13. The second kappa shape index (κ2) is 7.47. The Morgan fingerprint density at radius 2 is 1.79 bits per heavy atom. The van der Waals surface area contributed by atoms with Crippen molar-refractivity contribution in [2.24, 2.45) is 0 Å². The molecule has 0 aliphatic carbocycles. The standard InChI is InChI=1S/C21H26N2O4S/c1-5-12-23-18-13-16(8-11-19(18)27-14-20(23)24)22-28(25,26)17-9-6-15(7-10-17)21(2,3)4/h6-11,13,22H,5,12,14H2,1-4H3. The van der Waals surface area contributed by atoms with E-state index in [0.29, 0.717) is 23.7 Å². The van der Waals surface area contributed by atoms with Crippen molar-refractivity contribution in [1.82, 2.24) is 0 Å². The smallest absolute Gasteiger partial charge is 0.265 e. The number of hydrogen-bond acceptors (Lipinski definition) is 4. The van der Waals surface area contributed by atoms with Gasteiger partial charge in [-0.15, -0.1) is 0 Å². The second-order valence-electron chi connectivity index (χ2n) is 7.90. The maximum Gasteiger partial charge on any atom is 0.265 e. The number of carbonyl (C=O) groups is 1. The first-order valence-corrected chi connectivity index (χ1v) is 10.8. The fraction of sp³-hybridized carbons (Fsp3) is 0.381. The Morgan fingerprint density at radius 3 is 2.39 bits per heavy atom. The van der Waals surface area contributed by atoms with Gasteiger partial charge in [0.05, 0.1) is 16.3 Å². The van der Waals surface area contributed by atoms with Crippen LogP contribution in [0.1, 0.15) is 39.7 Å². The zero-order valence-electron chi connectivity index (χ0n) is 16.7. The summed E-state index contributed by atoms with van der Waals surface area (Å²) in [4.78, 5) is 14.0. The minimum atomic E-state index is -3.74. The highest BCUT2D eigenvalue weighted by Gasteiger charge is 2.26. The number of hydrogen-bond donors (Lipinski definition) is 1. The van der Waals surface area contributed by atoms with Crippen LogP contribution in [0.15, 0.2) is 47.4 Å². The Balaban J connectivity index is 1.88. The van der Waals surface area contributed by atoms with Crippen molar-refractivity contribution in [3.63, 3.8) is 0 Å². The zero-order chi connectivity index (χ0) is 20.5. The molecule has 0 saturated carbocycles. The van der Waals surface area contributed by atoms with Crippen LogP contribution in [0, 0.1) is 0 Å². The van der Waals surface area contributed by atoms with E-state index in [1.165, 1.54) is 0 Å². The van der Waals surface area contributed by atoms with E-state index < -0.39 is 10.0 Å². The lowest BCUT2D eigenvalue weighted by atomic mass is 9.87. The molecule has 0 bridgehead atoms. The van der Waals surface area contributed by atoms with E-state index in [4.69, 9.17) is 4.74 Å². The summed E-state index contributed by atoms with van der Waals surface area (Å²) in [6, 6.07) is 11.8. The van der Waals surface area contributed by atoms with Gasteiger partial charge in [0, 0.05) is 6.54 Å². The number of fused-ring (bicyclic) bond motifs is 1. The second-order valence-corrected chi connectivity index (χ2v) is 9.58. The van der Waals surface area contributed by atoms with Crippen LogP contribution in [0.2, 0.25) is 0 Å². The molecule has 0 fully saturated rings. The van der Waals surface area contributed by atoms with Crippen LogP contribution >= 0.6 is 0 Å². The molecular formula is C21H26N2O4S. The van der Waals surface area contributed by atoms with Gasteiger partial charge in [0.15, 0.2) is 6.61 Å². The number of benzene rings is 2. The van der Waals surface area contributed by atoms with Crippen LogP contribution < -0.4 is 14.4 Å². The normalized spacial score (nSPS) is 14.4. The molecule has 1 aliphatic rings. The van der Waals surface area contributed by atoms with Gasteiger partial charge in [-0.05, 0) is 47.7 Å². The van der Waals surface area contributed by atoms with Crippen molar-refractivity contribution in [1.29, 1.82) is 0 Å². The first-order valence-electron chi connectivity index (χ1n) is 9.32. The molecule has 1 N–H and O–H groups in total. The monoisotopic (exact) mass is 402 g/mol. The highest BCUT2D eigenvalue weighted by molar-refractivity contribution is 7.92. The molecular weight excluding hydrogens is 376 g/mol. The number of nitrogens with zero attached hydrogens (tertiary/aromatic N) is 1. The number of sulfonamides is 1. The molecule has 1 heterocycles. The lowest BCUT2D eigenvalue weighted by Crippen LogP contribution is -2.39. The van der Waals surface area contributed by atoms with Crippen LogP contribution in [-0.4, -0.2) is 27.5 Å². The Labute approximate surface area is 166 Å². The molecule has 6 nitrogen and oxygen atoms in total. The minimum absolute atomic E-state index is 0.00179. The molecule has 0 atom stereocenters. The zero-order valence-corrected chi connectivity index (χ0v) is 17.5. The van der Waals surface area contributed by atoms with Crippen molar-refractivity contribution in [3.8, 4) is 5.75 Å². The SMILES string of the molecule is CCCN1C(=O)COc2ccc(NS(=O)(=O)c3ccc(C(C)(C)C)cc3)cc21. The van der Waals surface area contributed by atoms with Gasteiger partial charge < -0.3 is 9.64 Å². The van der Waals surface area contributed by atoms with Gasteiger partial charge in [-0.3, -0.25) is 9.52 Å². The van der Waals surface area contributed by atoms with Crippen molar-refractivity contribution in [2.75, 3.05) is 22.8 Å². The first-order chi connectivity index (χ1) is 13.1. The number of amides is 1. The third-order valence-corrected chi connectivity index (χ3v) is 6.03. The molecule has 0 unspecified atom stereocenters. The van der Waals surface area contributed by atoms with Gasteiger partial charge in [0.1, 0.15) is 5.75 Å². The van der Waals surface area contributed by atoms with Crippen LogP contribution in [0.25, 0.3) is 0 Å². The lowest BCUT2D eigenvalue weighted by molar-refractivity contribution is -0.121. The van der Waals surface area contributed by atoms with Gasteiger partial charge in [-0.1, -0.05) is 39.8 Å². The molecule has 0 spiro atoms. The minimum Gasteiger partial charge on any atom is -0.482 e. The maximum absolute atomic E-state index is 12.8. The van der Waals surface area contributed by atoms with Crippen molar-refractivity contribution in [2.45, 2.75) is 44.4 Å². The molecule has 0 saturated heterocycles. The molecule has 1 aliphatic heterocycles. The highest BCUT2D eigenvalue weighted by atomic mass is 32.2. The van der Waals surface area contributed by atoms with E-state index in [0.717, 1.165) is 12.0 Å². The summed E-state index contributed by atoms with van der Waals surface area (Å²) in [5.74, 6) is 0.442. The first kappa shape index (κ1) is 20.2. The van der Waals surface area contributed by atoms with Crippen LogP contribution in [-0.2, 0) is 20.2 Å². The fourth-order valence-electron chi connectivity index (χ4n) is 3.08. The molecule has 150 valence electrons. The van der Waals surface area contributed by atoms with E-state index in [1.54, 1.807) is 35.2 Å². The maximum atomic E-state index is 12.8. The molecule has 2 aromatic rings. The Morgan fingerprint density at radius 1 is 1.11 bits per heavy atom. The summed E-state index contributed by atoms with van der Waals surface area (Å²) in [5, 5.41) is 0. The van der Waals surface area contributed by atoms with Gasteiger partial charge in [-0.2, -0.15) is 0 Å². The molecule has 28 heavy (non-hydrogen) atoms. The highest BCUT2D eigenvalue weighted by Crippen LogP contribution is 2.35. The summed E-state index contributed by atoms with van der Waals surface area (Å²) < 4.78 is 33.6. The molecule has 2 aromatic carbocycles. The predicted octanol–water partition coefficient (Wildman–Crippen LogP) is 3.92. The summed E-state index contributed by atoms with van der Waals surface area (Å²) in [5.41, 5.74) is 1.98. The summed E-state index contributed by atoms with van der Waals surface area (Å²) >= 11 is 0. The molecule has 7 heteroatoms. The Kier molecular flexibility index (Phi) is 5.39. The summed E-state index contributed by atoms with van der Waals surface area (Å²) in [7, 11) is -3.74. The topological polar surface area (TPSA) is 75.7 Å². The van der Waals surface area contributed by atoms with E-state index in [2.05, 4.69) is 25.5 Å². The average Bonchev–Trinajstić information content (AvgIpc) is 2.63. The van der Waals surface area contributed by atoms with Gasteiger partial charge in [-0.25, -0.2) is 8.42 Å². The molecule has 1 amide bonds. The van der Waals surface area contributed by atoms with E-state index in [-0.39, 0.29) is 22.8 Å². The van der Waals surface area contributed by atoms with Gasteiger partial charge in [0.2, 0.25) is 0 Å². The number of ether oxygens (including phenoxy) is 1. The Bertz CT molecular complexity index is 976. The molecule has 0 radical (unpaired) electrons. The predicted molar refractivity (Wildman–Crippen MR) is 111 cm³/mol. The van der Waals surface area contributed by atoms with Crippen LogP contribution in [0.4, 0.5) is 11.4 Å². The average molecular weight is 403 g/mol. The van der Waals surface area contributed by atoms with Gasteiger partial charge in [0.25, 0.3) is 15.9 Å². The number of rotatable bonds is 5.